The van der Waals surface area contributed by atoms with Crippen LogP contribution in [0.4, 0.5) is 4.39 Å². The van der Waals surface area contributed by atoms with Crippen molar-refractivity contribution in [3.05, 3.63) is 69.5 Å². The smallest absolute Gasteiger partial charge is 0.311 e. The summed E-state index contributed by atoms with van der Waals surface area (Å²) in [5.74, 6) is -2.07. The fraction of sp³-hybridized carbons (Fsp3) is 0.348. The van der Waals surface area contributed by atoms with Crippen molar-refractivity contribution >= 4 is 41.0 Å². The Hall–Kier alpha value is -2.64. The third-order valence-electron chi connectivity index (χ3n) is 5.30. The van der Waals surface area contributed by atoms with E-state index in [1.54, 1.807) is 30.1 Å². The van der Waals surface area contributed by atoms with Crippen LogP contribution in [0.2, 0.25) is 10.0 Å². The zero-order chi connectivity index (χ0) is 23.3. The van der Waals surface area contributed by atoms with Gasteiger partial charge in [0.2, 0.25) is 0 Å². The predicted molar refractivity (Wildman–Crippen MR) is 119 cm³/mol. The normalized spacial score (nSPS) is 15.9. The molecule has 0 spiro atoms. The molecule has 170 valence electrons. The largest absolute Gasteiger partial charge is 0.455 e. The zero-order valence-electron chi connectivity index (χ0n) is 17.5. The molecule has 0 bridgehead atoms. The molecular weight excluding hydrogens is 458 g/mol. The average Bonchev–Trinajstić information content (AvgIpc) is 2.79. The van der Waals surface area contributed by atoms with Crippen LogP contribution >= 0.6 is 23.2 Å². The van der Waals surface area contributed by atoms with Crippen LogP contribution in [-0.4, -0.2) is 54.3 Å². The second-order valence-electron chi connectivity index (χ2n) is 7.70. The maximum Gasteiger partial charge on any atom is 0.311 e. The molecule has 1 unspecified atom stereocenters. The number of amides is 2. The Labute approximate surface area is 195 Å². The molecular formula is C23H23Cl2FN2O4. The molecule has 1 fully saturated rings. The van der Waals surface area contributed by atoms with Crippen LogP contribution in [-0.2, 0) is 20.9 Å². The number of likely N-dealkylation sites (tertiary alicyclic amines) is 1. The van der Waals surface area contributed by atoms with E-state index in [-0.39, 0.29) is 31.5 Å². The summed E-state index contributed by atoms with van der Waals surface area (Å²) in [4.78, 5) is 40.5. The van der Waals surface area contributed by atoms with Gasteiger partial charge in [0, 0.05) is 32.2 Å². The lowest BCUT2D eigenvalue weighted by atomic mass is 9.97. The number of piperidine rings is 1. The summed E-state index contributed by atoms with van der Waals surface area (Å²) in [5, 5.41) is 0.825. The van der Waals surface area contributed by atoms with Crippen LogP contribution < -0.4 is 0 Å². The maximum atomic E-state index is 13.1. The van der Waals surface area contributed by atoms with E-state index in [1.807, 2.05) is 0 Å². The molecule has 1 saturated heterocycles. The van der Waals surface area contributed by atoms with E-state index in [1.165, 1.54) is 29.2 Å². The number of benzene rings is 2. The Balaban J connectivity index is 1.50. The number of halogens is 3. The van der Waals surface area contributed by atoms with Crippen LogP contribution in [0, 0.1) is 11.7 Å². The molecule has 0 radical (unpaired) electrons. The van der Waals surface area contributed by atoms with Gasteiger partial charge in [0.15, 0.2) is 6.61 Å². The lowest BCUT2D eigenvalue weighted by Gasteiger charge is -2.31. The van der Waals surface area contributed by atoms with Crippen molar-refractivity contribution in [3.63, 3.8) is 0 Å². The summed E-state index contributed by atoms with van der Waals surface area (Å²) in [7, 11) is 1.60. The van der Waals surface area contributed by atoms with Gasteiger partial charge in [0.25, 0.3) is 11.8 Å². The van der Waals surface area contributed by atoms with Crippen molar-refractivity contribution in [1.29, 1.82) is 0 Å². The minimum Gasteiger partial charge on any atom is -0.455 e. The fourth-order valence-electron chi connectivity index (χ4n) is 3.49. The number of hydrogen-bond donors (Lipinski definition) is 0. The molecule has 0 N–H and O–H groups in total. The number of nitrogens with zero attached hydrogens (tertiary/aromatic N) is 2. The summed E-state index contributed by atoms with van der Waals surface area (Å²) in [6.45, 7) is 0.601. The molecule has 1 aliphatic rings. The molecule has 6 nitrogen and oxygen atoms in total. The van der Waals surface area contributed by atoms with Crippen LogP contribution in [0.5, 0.6) is 0 Å². The van der Waals surface area contributed by atoms with Gasteiger partial charge in [0.05, 0.1) is 16.0 Å². The van der Waals surface area contributed by atoms with Crippen molar-refractivity contribution in [3.8, 4) is 0 Å². The topological polar surface area (TPSA) is 66.9 Å². The molecule has 0 aromatic heterocycles. The molecule has 2 aromatic rings. The first kappa shape index (κ1) is 24.0. The van der Waals surface area contributed by atoms with E-state index in [9.17, 15) is 18.8 Å². The second kappa shape index (κ2) is 10.8. The third-order valence-corrected chi connectivity index (χ3v) is 6.04. The van der Waals surface area contributed by atoms with Crippen molar-refractivity contribution in [1.82, 2.24) is 9.80 Å². The lowest BCUT2D eigenvalue weighted by molar-refractivity contribution is -0.156. The minimum absolute atomic E-state index is 0.197. The van der Waals surface area contributed by atoms with E-state index < -0.39 is 17.7 Å². The van der Waals surface area contributed by atoms with Gasteiger partial charge in [-0.05, 0) is 54.8 Å². The maximum absolute atomic E-state index is 13.1. The van der Waals surface area contributed by atoms with E-state index in [0.29, 0.717) is 35.0 Å². The molecule has 0 aliphatic carbocycles. The Morgan fingerprint density at radius 1 is 1.12 bits per heavy atom. The highest BCUT2D eigenvalue weighted by molar-refractivity contribution is 6.42. The Bertz CT molecular complexity index is 1000. The molecule has 2 aromatic carbocycles. The minimum atomic E-state index is -0.516. The molecule has 9 heteroatoms. The number of ether oxygens (including phenoxy) is 1. The Morgan fingerprint density at radius 2 is 1.84 bits per heavy atom. The van der Waals surface area contributed by atoms with Crippen molar-refractivity contribution < 1.29 is 23.5 Å². The summed E-state index contributed by atoms with van der Waals surface area (Å²) in [6.07, 6.45) is 1.21. The van der Waals surface area contributed by atoms with Crippen molar-refractivity contribution in [2.75, 3.05) is 26.7 Å². The molecule has 32 heavy (non-hydrogen) atoms. The standard InChI is InChI=1S/C23H23Cl2FN2O4/c1-27(12-15-4-9-19(24)20(25)11-15)21(29)14-32-23(31)17-3-2-10-28(13-17)22(30)16-5-7-18(26)8-6-16/h4-9,11,17H,2-3,10,12-14H2,1H3. The molecule has 2 amide bonds. The Kier molecular flexibility index (Phi) is 8.10. The molecule has 1 heterocycles. The van der Waals surface area contributed by atoms with E-state index in [2.05, 4.69) is 0 Å². The van der Waals surface area contributed by atoms with Gasteiger partial charge in [-0.1, -0.05) is 29.3 Å². The first-order valence-electron chi connectivity index (χ1n) is 10.1. The van der Waals surface area contributed by atoms with Gasteiger partial charge in [-0.2, -0.15) is 0 Å². The van der Waals surface area contributed by atoms with Crippen LogP contribution in [0.25, 0.3) is 0 Å². The number of esters is 1. The SMILES string of the molecule is CN(Cc1ccc(Cl)c(Cl)c1)C(=O)COC(=O)C1CCCN(C(=O)c2ccc(F)cc2)C1. The highest BCUT2D eigenvalue weighted by Crippen LogP contribution is 2.23. The highest BCUT2D eigenvalue weighted by Gasteiger charge is 2.30. The third kappa shape index (κ3) is 6.20. The summed E-state index contributed by atoms with van der Waals surface area (Å²) >= 11 is 11.9. The second-order valence-corrected chi connectivity index (χ2v) is 8.52. The first-order valence-corrected chi connectivity index (χ1v) is 10.9. The predicted octanol–water partition coefficient (Wildman–Crippen LogP) is 4.19. The zero-order valence-corrected chi connectivity index (χ0v) is 19.0. The monoisotopic (exact) mass is 480 g/mol. The van der Waals surface area contributed by atoms with Gasteiger partial charge in [-0.25, -0.2) is 4.39 Å². The molecule has 3 rings (SSSR count). The molecule has 1 aliphatic heterocycles. The van der Waals surface area contributed by atoms with Crippen LogP contribution in [0.15, 0.2) is 42.5 Å². The highest BCUT2D eigenvalue weighted by atomic mass is 35.5. The van der Waals surface area contributed by atoms with E-state index >= 15 is 0 Å². The van der Waals surface area contributed by atoms with Gasteiger partial charge in [-0.3, -0.25) is 14.4 Å². The quantitative estimate of drug-likeness (QED) is 0.581. The van der Waals surface area contributed by atoms with Crippen LogP contribution in [0.3, 0.4) is 0 Å². The Morgan fingerprint density at radius 3 is 2.53 bits per heavy atom. The summed E-state index contributed by atoms with van der Waals surface area (Å²) < 4.78 is 18.3. The first-order chi connectivity index (χ1) is 15.2. The van der Waals surface area contributed by atoms with Crippen molar-refractivity contribution in [2.24, 2.45) is 5.92 Å². The lowest BCUT2D eigenvalue weighted by Crippen LogP contribution is -2.43. The van der Waals surface area contributed by atoms with Gasteiger partial charge in [0.1, 0.15) is 5.82 Å². The van der Waals surface area contributed by atoms with E-state index in [0.717, 1.165) is 5.56 Å². The number of carbonyl (C=O) groups excluding carboxylic acids is 3. The number of hydrogen-bond acceptors (Lipinski definition) is 4. The average molecular weight is 481 g/mol. The number of rotatable bonds is 6. The molecule has 0 saturated carbocycles. The fourth-order valence-corrected chi connectivity index (χ4v) is 3.81. The van der Waals surface area contributed by atoms with Crippen LogP contribution in [0.1, 0.15) is 28.8 Å². The van der Waals surface area contributed by atoms with Gasteiger partial charge < -0.3 is 14.5 Å². The van der Waals surface area contributed by atoms with Crippen molar-refractivity contribution in [2.45, 2.75) is 19.4 Å². The van der Waals surface area contributed by atoms with E-state index in [4.69, 9.17) is 27.9 Å². The summed E-state index contributed by atoms with van der Waals surface area (Å²) in [6, 6.07) is 10.4. The summed E-state index contributed by atoms with van der Waals surface area (Å²) in [5.41, 5.74) is 1.16. The number of likely N-dealkylation sites (N-methyl/N-ethyl adjacent to an activating group) is 1. The van der Waals surface area contributed by atoms with Gasteiger partial charge in [-0.15, -0.1) is 0 Å². The van der Waals surface area contributed by atoms with Gasteiger partial charge >= 0.3 is 5.97 Å². The number of carbonyl (C=O) groups is 3. The molecule has 1 atom stereocenters.